The van der Waals surface area contributed by atoms with Crippen LogP contribution in [0.15, 0.2) is 42.6 Å². The third-order valence-electron chi connectivity index (χ3n) is 5.94. The van der Waals surface area contributed by atoms with Gasteiger partial charge in [0.25, 0.3) is 5.91 Å². The number of likely N-dealkylation sites (tertiary alicyclic amines) is 1. The van der Waals surface area contributed by atoms with E-state index in [2.05, 4.69) is 15.0 Å². The van der Waals surface area contributed by atoms with Crippen molar-refractivity contribution in [3.63, 3.8) is 0 Å². The van der Waals surface area contributed by atoms with Crippen LogP contribution in [0.5, 0.6) is 0 Å². The Labute approximate surface area is 157 Å². The number of aromatic nitrogens is 3. The van der Waals surface area contributed by atoms with Crippen LogP contribution in [0.25, 0.3) is 10.9 Å². The normalized spacial score (nSPS) is 21.6. The minimum Gasteiger partial charge on any atom is -0.368 e. The van der Waals surface area contributed by atoms with E-state index in [9.17, 15) is 4.79 Å². The van der Waals surface area contributed by atoms with Gasteiger partial charge in [0, 0.05) is 30.1 Å². The number of anilines is 1. The van der Waals surface area contributed by atoms with Crippen molar-refractivity contribution in [2.45, 2.75) is 31.1 Å². The number of nitrogens with zero attached hydrogens (tertiary/aromatic N) is 4. The van der Waals surface area contributed by atoms with Gasteiger partial charge in [-0.25, -0.2) is 15.0 Å². The SMILES string of the molecule is Nc1ncc2c(n1)C1(CCCN(C(=O)c3ccc4ccccc4n3)C1)CC2. The van der Waals surface area contributed by atoms with Gasteiger partial charge in [0.1, 0.15) is 5.69 Å². The lowest BCUT2D eigenvalue weighted by atomic mass is 9.77. The van der Waals surface area contributed by atoms with E-state index < -0.39 is 0 Å². The number of fused-ring (bicyclic) bond motifs is 3. The van der Waals surface area contributed by atoms with E-state index in [1.807, 2.05) is 47.5 Å². The van der Waals surface area contributed by atoms with Crippen molar-refractivity contribution in [3.8, 4) is 0 Å². The van der Waals surface area contributed by atoms with Crippen LogP contribution in [0, 0.1) is 0 Å². The molecule has 1 atom stereocenters. The summed E-state index contributed by atoms with van der Waals surface area (Å²) in [5.74, 6) is 0.310. The molecule has 1 fully saturated rings. The van der Waals surface area contributed by atoms with Crippen molar-refractivity contribution in [1.82, 2.24) is 19.9 Å². The molecule has 3 aromatic rings. The number of hydrogen-bond donors (Lipinski definition) is 1. The Morgan fingerprint density at radius 3 is 2.93 bits per heavy atom. The number of para-hydroxylation sites is 1. The minimum absolute atomic E-state index is 0.00435. The number of rotatable bonds is 1. The summed E-state index contributed by atoms with van der Waals surface area (Å²) >= 11 is 0. The van der Waals surface area contributed by atoms with Crippen molar-refractivity contribution in [2.24, 2.45) is 0 Å². The Balaban J connectivity index is 1.46. The van der Waals surface area contributed by atoms with E-state index in [1.54, 1.807) is 0 Å². The molecule has 136 valence electrons. The number of piperidine rings is 1. The van der Waals surface area contributed by atoms with Crippen LogP contribution in [0.3, 0.4) is 0 Å². The summed E-state index contributed by atoms with van der Waals surface area (Å²) < 4.78 is 0. The fourth-order valence-corrected chi connectivity index (χ4v) is 4.60. The molecule has 1 aliphatic heterocycles. The van der Waals surface area contributed by atoms with E-state index in [1.165, 1.54) is 5.56 Å². The molecule has 6 heteroatoms. The van der Waals surface area contributed by atoms with Crippen molar-refractivity contribution >= 4 is 22.8 Å². The summed E-state index contributed by atoms with van der Waals surface area (Å²) in [6.45, 7) is 1.43. The van der Waals surface area contributed by atoms with Crippen LogP contribution in [0.2, 0.25) is 0 Å². The first kappa shape index (κ1) is 16.2. The number of carbonyl (C=O) groups is 1. The van der Waals surface area contributed by atoms with Crippen LogP contribution in [0.4, 0.5) is 5.95 Å². The number of carbonyl (C=O) groups excluding carboxylic acids is 1. The largest absolute Gasteiger partial charge is 0.368 e. The lowest BCUT2D eigenvalue weighted by Crippen LogP contribution is -2.48. The number of amides is 1. The van der Waals surface area contributed by atoms with Crippen LogP contribution >= 0.6 is 0 Å². The quantitative estimate of drug-likeness (QED) is 0.722. The highest BCUT2D eigenvalue weighted by atomic mass is 16.2. The smallest absolute Gasteiger partial charge is 0.272 e. The molecule has 2 N–H and O–H groups in total. The molecule has 0 radical (unpaired) electrons. The highest BCUT2D eigenvalue weighted by Gasteiger charge is 2.44. The average Bonchev–Trinajstić information content (AvgIpc) is 3.04. The van der Waals surface area contributed by atoms with E-state index in [4.69, 9.17) is 5.73 Å². The minimum atomic E-state index is -0.100. The summed E-state index contributed by atoms with van der Waals surface area (Å²) in [6.07, 6.45) is 5.79. The average molecular weight is 359 g/mol. The Morgan fingerprint density at radius 2 is 2.00 bits per heavy atom. The van der Waals surface area contributed by atoms with Crippen LogP contribution in [-0.4, -0.2) is 38.8 Å². The van der Waals surface area contributed by atoms with Gasteiger partial charge in [-0.1, -0.05) is 24.3 Å². The van der Waals surface area contributed by atoms with Gasteiger partial charge in [0.05, 0.1) is 11.2 Å². The first-order valence-electron chi connectivity index (χ1n) is 9.42. The number of aryl methyl sites for hydroxylation is 1. The van der Waals surface area contributed by atoms with Crippen LogP contribution < -0.4 is 5.73 Å². The second-order valence-electron chi connectivity index (χ2n) is 7.60. The van der Waals surface area contributed by atoms with E-state index in [0.29, 0.717) is 18.2 Å². The summed E-state index contributed by atoms with van der Waals surface area (Å²) in [4.78, 5) is 28.4. The summed E-state index contributed by atoms with van der Waals surface area (Å²) in [5.41, 5.74) is 9.31. The fourth-order valence-electron chi connectivity index (χ4n) is 4.60. The van der Waals surface area contributed by atoms with E-state index >= 15 is 0 Å². The molecule has 1 spiro atoms. The molecule has 1 aromatic carbocycles. The lowest BCUT2D eigenvalue weighted by Gasteiger charge is -2.40. The highest BCUT2D eigenvalue weighted by molar-refractivity contribution is 5.95. The molecule has 5 rings (SSSR count). The molecule has 0 bridgehead atoms. The molecule has 2 aromatic heterocycles. The van der Waals surface area contributed by atoms with Gasteiger partial charge in [-0.3, -0.25) is 4.79 Å². The maximum atomic E-state index is 13.2. The predicted octanol–water partition coefficient (Wildman–Crippen LogP) is 2.73. The number of nitrogens with two attached hydrogens (primary N) is 1. The topological polar surface area (TPSA) is 85.0 Å². The molecule has 1 aliphatic carbocycles. The molecule has 0 saturated carbocycles. The fraction of sp³-hybridized carbons (Fsp3) is 0.333. The number of benzene rings is 1. The maximum absolute atomic E-state index is 13.2. The molecular formula is C21H21N5O. The standard InChI is InChI=1S/C21H21N5O/c22-20-23-12-15-8-10-21(18(15)25-20)9-3-11-26(13-21)19(27)17-7-6-14-4-1-2-5-16(14)24-17/h1-2,4-7,12H,3,8-11,13H2,(H2,22,23,25). The van der Waals surface area contributed by atoms with Crippen LogP contribution in [0.1, 0.15) is 41.0 Å². The van der Waals surface area contributed by atoms with Gasteiger partial charge in [0.15, 0.2) is 0 Å². The van der Waals surface area contributed by atoms with Crippen molar-refractivity contribution in [3.05, 3.63) is 59.5 Å². The molecule has 6 nitrogen and oxygen atoms in total. The van der Waals surface area contributed by atoms with Gasteiger partial charge in [0.2, 0.25) is 5.95 Å². The maximum Gasteiger partial charge on any atom is 0.272 e. The third kappa shape index (κ3) is 2.63. The van der Waals surface area contributed by atoms with Crippen molar-refractivity contribution in [1.29, 1.82) is 0 Å². The number of nitrogen functional groups attached to an aromatic ring is 1. The first-order valence-corrected chi connectivity index (χ1v) is 9.42. The lowest BCUT2D eigenvalue weighted by molar-refractivity contribution is 0.0628. The monoisotopic (exact) mass is 359 g/mol. The zero-order valence-corrected chi connectivity index (χ0v) is 15.1. The highest BCUT2D eigenvalue weighted by Crippen LogP contribution is 2.44. The van der Waals surface area contributed by atoms with E-state index in [-0.39, 0.29) is 11.3 Å². The Morgan fingerprint density at radius 1 is 1.11 bits per heavy atom. The second-order valence-corrected chi connectivity index (χ2v) is 7.60. The Hall–Kier alpha value is -3.02. The van der Waals surface area contributed by atoms with Gasteiger partial charge in [-0.05, 0) is 43.4 Å². The summed E-state index contributed by atoms with van der Waals surface area (Å²) in [6, 6.07) is 11.7. The van der Waals surface area contributed by atoms with E-state index in [0.717, 1.165) is 48.8 Å². The zero-order valence-electron chi connectivity index (χ0n) is 15.1. The van der Waals surface area contributed by atoms with Gasteiger partial charge < -0.3 is 10.6 Å². The Bertz CT molecular complexity index is 1050. The second kappa shape index (κ2) is 6.01. The first-order chi connectivity index (χ1) is 13.1. The predicted molar refractivity (Wildman–Crippen MR) is 103 cm³/mol. The third-order valence-corrected chi connectivity index (χ3v) is 5.94. The van der Waals surface area contributed by atoms with Crippen molar-refractivity contribution in [2.75, 3.05) is 18.8 Å². The van der Waals surface area contributed by atoms with Crippen molar-refractivity contribution < 1.29 is 4.79 Å². The zero-order chi connectivity index (χ0) is 18.4. The van der Waals surface area contributed by atoms with Gasteiger partial charge >= 0.3 is 0 Å². The molecule has 3 heterocycles. The number of pyridine rings is 1. The molecule has 1 amide bonds. The van der Waals surface area contributed by atoms with Crippen LogP contribution in [-0.2, 0) is 11.8 Å². The molecule has 1 saturated heterocycles. The summed E-state index contributed by atoms with van der Waals surface area (Å²) in [7, 11) is 0. The van der Waals surface area contributed by atoms with Gasteiger partial charge in [-0.15, -0.1) is 0 Å². The molecule has 27 heavy (non-hydrogen) atoms. The number of hydrogen-bond acceptors (Lipinski definition) is 5. The Kier molecular flexibility index (Phi) is 3.60. The molecule has 1 unspecified atom stereocenters. The van der Waals surface area contributed by atoms with Gasteiger partial charge in [-0.2, -0.15) is 0 Å². The molecule has 2 aliphatic rings. The summed E-state index contributed by atoms with van der Waals surface area (Å²) in [5, 5.41) is 1.04. The molecular weight excluding hydrogens is 338 g/mol.